The number of hydrogen-bond donors (Lipinski definition) is 1. The Morgan fingerprint density at radius 3 is 2.57 bits per heavy atom. The van der Waals surface area contributed by atoms with E-state index in [1.54, 1.807) is 0 Å². The number of benzene rings is 1. The van der Waals surface area contributed by atoms with Crippen LogP contribution in [-0.2, 0) is 6.54 Å². The monoisotopic (exact) mass is 417 g/mol. The molecule has 1 aliphatic carbocycles. The fraction of sp³-hybridized carbons (Fsp3) is 0.647. The summed E-state index contributed by atoms with van der Waals surface area (Å²) in [5.74, 6) is 1.73. The Kier molecular flexibility index (Phi) is 7.03. The summed E-state index contributed by atoms with van der Waals surface area (Å²) in [7, 11) is 0. The molecule has 118 valence electrons. The maximum Gasteiger partial charge on any atom is 0.148 e. The summed E-state index contributed by atoms with van der Waals surface area (Å²) in [5, 5.41) is 3.43. The molecule has 1 fully saturated rings. The highest BCUT2D eigenvalue weighted by Gasteiger charge is 2.22. The van der Waals surface area contributed by atoms with Crippen LogP contribution in [0.15, 0.2) is 21.1 Å². The molecule has 2 atom stereocenters. The van der Waals surface area contributed by atoms with Gasteiger partial charge >= 0.3 is 0 Å². The average molecular weight is 419 g/mol. The molecular weight excluding hydrogens is 394 g/mol. The lowest BCUT2D eigenvalue weighted by Gasteiger charge is -2.28. The van der Waals surface area contributed by atoms with Crippen molar-refractivity contribution in [2.45, 2.75) is 58.6 Å². The second-order valence-corrected chi connectivity index (χ2v) is 7.79. The topological polar surface area (TPSA) is 21.3 Å². The molecule has 0 heterocycles. The first-order valence-electron chi connectivity index (χ1n) is 7.95. The van der Waals surface area contributed by atoms with Crippen LogP contribution in [0.25, 0.3) is 0 Å². The molecule has 0 spiro atoms. The van der Waals surface area contributed by atoms with E-state index in [1.165, 1.54) is 31.2 Å². The molecule has 0 aromatic heterocycles. The van der Waals surface area contributed by atoms with Crippen LogP contribution < -0.4 is 10.1 Å². The Morgan fingerprint density at radius 2 is 1.95 bits per heavy atom. The van der Waals surface area contributed by atoms with Gasteiger partial charge < -0.3 is 10.1 Å². The fourth-order valence-electron chi connectivity index (χ4n) is 2.89. The fourth-order valence-corrected chi connectivity index (χ4v) is 4.36. The van der Waals surface area contributed by atoms with Crippen LogP contribution in [0.2, 0.25) is 0 Å². The van der Waals surface area contributed by atoms with Crippen LogP contribution in [0.4, 0.5) is 0 Å². The van der Waals surface area contributed by atoms with Crippen molar-refractivity contribution >= 4 is 31.9 Å². The average Bonchev–Trinajstić information content (AvgIpc) is 2.43. The van der Waals surface area contributed by atoms with E-state index in [4.69, 9.17) is 4.74 Å². The molecule has 0 aliphatic heterocycles. The lowest BCUT2D eigenvalue weighted by molar-refractivity contribution is 0.127. The van der Waals surface area contributed by atoms with Crippen molar-refractivity contribution in [1.82, 2.24) is 5.32 Å². The van der Waals surface area contributed by atoms with Crippen molar-refractivity contribution in [1.29, 1.82) is 0 Å². The van der Waals surface area contributed by atoms with Gasteiger partial charge in [-0.3, -0.25) is 0 Å². The predicted octanol–water partition coefficient (Wildman–Crippen LogP) is 5.67. The normalized spacial score (nSPS) is 22.3. The largest absolute Gasteiger partial charge is 0.488 e. The van der Waals surface area contributed by atoms with E-state index in [9.17, 15) is 0 Å². The molecule has 1 aromatic carbocycles. The zero-order chi connectivity index (χ0) is 15.2. The van der Waals surface area contributed by atoms with Gasteiger partial charge in [-0.05, 0) is 87.7 Å². The van der Waals surface area contributed by atoms with Crippen LogP contribution in [-0.4, -0.2) is 12.6 Å². The number of halogens is 2. The van der Waals surface area contributed by atoms with Crippen molar-refractivity contribution in [3.8, 4) is 5.75 Å². The third kappa shape index (κ3) is 5.26. The summed E-state index contributed by atoms with van der Waals surface area (Å²) in [5.41, 5.74) is 1.27. The molecule has 4 heteroatoms. The number of ether oxygens (including phenoxy) is 1. The van der Waals surface area contributed by atoms with Crippen molar-refractivity contribution in [3.05, 3.63) is 26.6 Å². The van der Waals surface area contributed by atoms with Crippen molar-refractivity contribution < 1.29 is 4.74 Å². The third-order valence-electron chi connectivity index (χ3n) is 3.99. The number of nitrogens with one attached hydrogen (secondary N) is 1. The third-order valence-corrected chi connectivity index (χ3v) is 5.16. The zero-order valence-corrected chi connectivity index (χ0v) is 16.1. The smallest absolute Gasteiger partial charge is 0.148 e. The summed E-state index contributed by atoms with van der Waals surface area (Å²) in [6.45, 7) is 6.45. The highest BCUT2D eigenvalue weighted by atomic mass is 79.9. The van der Waals surface area contributed by atoms with Gasteiger partial charge in [-0.25, -0.2) is 0 Å². The van der Waals surface area contributed by atoms with Crippen LogP contribution in [0.1, 0.15) is 51.5 Å². The van der Waals surface area contributed by atoms with E-state index in [-0.39, 0.29) is 0 Å². The SMILES string of the molecule is CCCNCc1cc(Br)c(OC2CCCC(C)C2)c(Br)c1. The van der Waals surface area contributed by atoms with Gasteiger partial charge in [0.1, 0.15) is 5.75 Å². The zero-order valence-electron chi connectivity index (χ0n) is 12.9. The molecule has 1 aliphatic rings. The number of hydrogen-bond acceptors (Lipinski definition) is 2. The molecule has 0 radical (unpaired) electrons. The molecule has 21 heavy (non-hydrogen) atoms. The van der Waals surface area contributed by atoms with Gasteiger partial charge in [0.25, 0.3) is 0 Å². The highest BCUT2D eigenvalue weighted by Crippen LogP contribution is 2.37. The Morgan fingerprint density at radius 1 is 1.24 bits per heavy atom. The summed E-state index contributed by atoms with van der Waals surface area (Å²) < 4.78 is 8.34. The van der Waals surface area contributed by atoms with Gasteiger partial charge in [-0.15, -0.1) is 0 Å². The minimum absolute atomic E-state index is 0.352. The Hall–Kier alpha value is -0.0600. The molecule has 2 nitrogen and oxygen atoms in total. The van der Waals surface area contributed by atoms with Gasteiger partial charge in [0.15, 0.2) is 0 Å². The second-order valence-electron chi connectivity index (χ2n) is 6.08. The van der Waals surface area contributed by atoms with Crippen molar-refractivity contribution in [3.63, 3.8) is 0 Å². The van der Waals surface area contributed by atoms with Crippen LogP contribution >= 0.6 is 31.9 Å². The van der Waals surface area contributed by atoms with Crippen LogP contribution in [0, 0.1) is 5.92 Å². The summed E-state index contributed by atoms with van der Waals surface area (Å²) in [4.78, 5) is 0. The molecule has 1 saturated carbocycles. The predicted molar refractivity (Wildman–Crippen MR) is 95.9 cm³/mol. The van der Waals surface area contributed by atoms with E-state index < -0.39 is 0 Å². The molecule has 0 bridgehead atoms. The van der Waals surface area contributed by atoms with Gasteiger partial charge in [0.05, 0.1) is 15.0 Å². The Balaban J connectivity index is 2.02. The molecule has 2 rings (SSSR count). The standard InChI is InChI=1S/C17H25Br2NO/c1-3-7-20-11-13-9-15(18)17(16(19)10-13)21-14-6-4-5-12(2)8-14/h9-10,12,14,20H,3-8,11H2,1-2H3. The van der Waals surface area contributed by atoms with Crippen molar-refractivity contribution in [2.24, 2.45) is 5.92 Å². The molecular formula is C17H25Br2NO. The summed E-state index contributed by atoms with van der Waals surface area (Å²) >= 11 is 7.33. The van der Waals surface area contributed by atoms with E-state index >= 15 is 0 Å². The van der Waals surface area contributed by atoms with Gasteiger partial charge in [-0.2, -0.15) is 0 Å². The Bertz CT molecular complexity index is 441. The first-order valence-corrected chi connectivity index (χ1v) is 9.54. The molecule has 2 unspecified atom stereocenters. The van der Waals surface area contributed by atoms with E-state index in [0.717, 1.165) is 40.1 Å². The van der Waals surface area contributed by atoms with Gasteiger partial charge in [-0.1, -0.05) is 20.3 Å². The molecule has 1 N–H and O–H groups in total. The van der Waals surface area contributed by atoms with Gasteiger partial charge in [0, 0.05) is 6.54 Å². The number of rotatable bonds is 6. The Labute approximate surface area is 145 Å². The van der Waals surface area contributed by atoms with Crippen LogP contribution in [0.5, 0.6) is 5.75 Å². The first-order chi connectivity index (χ1) is 10.1. The molecule has 1 aromatic rings. The minimum Gasteiger partial charge on any atom is -0.488 e. The lowest BCUT2D eigenvalue weighted by Crippen LogP contribution is -2.24. The van der Waals surface area contributed by atoms with Crippen LogP contribution in [0.3, 0.4) is 0 Å². The second kappa shape index (κ2) is 8.54. The van der Waals surface area contributed by atoms with E-state index in [0.29, 0.717) is 6.10 Å². The first kappa shape index (κ1) is 17.3. The van der Waals surface area contributed by atoms with E-state index in [2.05, 4.69) is 63.2 Å². The maximum atomic E-state index is 6.25. The quantitative estimate of drug-likeness (QED) is 0.601. The molecule has 0 saturated heterocycles. The minimum atomic E-state index is 0.352. The summed E-state index contributed by atoms with van der Waals surface area (Å²) in [6, 6.07) is 4.32. The highest BCUT2D eigenvalue weighted by molar-refractivity contribution is 9.11. The van der Waals surface area contributed by atoms with E-state index in [1.807, 2.05) is 0 Å². The maximum absolute atomic E-state index is 6.25. The van der Waals surface area contributed by atoms with Crippen molar-refractivity contribution in [2.75, 3.05) is 6.54 Å². The van der Waals surface area contributed by atoms with Gasteiger partial charge in [0.2, 0.25) is 0 Å². The summed E-state index contributed by atoms with van der Waals surface area (Å²) in [6.07, 6.45) is 6.46. The lowest BCUT2D eigenvalue weighted by atomic mass is 9.89. The molecule has 0 amide bonds.